The van der Waals surface area contributed by atoms with Crippen molar-refractivity contribution < 1.29 is 14.3 Å². The number of methoxy groups -OCH3 is 2. The number of carbonyl (C=O) groups is 1. The van der Waals surface area contributed by atoms with Gasteiger partial charge in [0.1, 0.15) is 17.8 Å². The van der Waals surface area contributed by atoms with Crippen molar-refractivity contribution in [3.8, 4) is 11.5 Å². The van der Waals surface area contributed by atoms with Crippen LogP contribution in [0.4, 0.5) is 5.95 Å². The molecular weight excluding hydrogens is 340 g/mol. The van der Waals surface area contributed by atoms with Crippen LogP contribution in [0.15, 0.2) is 22.9 Å². The number of hydrogen-bond acceptors (Lipinski definition) is 5. The summed E-state index contributed by atoms with van der Waals surface area (Å²) < 4.78 is 13.2. The minimum absolute atomic E-state index is 0.102. The number of hydrogen-bond donors (Lipinski definition) is 1. The van der Waals surface area contributed by atoms with E-state index in [1.54, 1.807) is 25.0 Å². The standard InChI is InChI=1S/C13H13BrN4O3/c1-20-10-5-11(21-2)8(14)3-7(10)9-4-12(19)17-13-15-6-16-18(9)13/h3,5-6,9H,4H2,1-2H3,(H,15,16,17,19)/t9-/m1/s1. The molecule has 3 rings (SSSR count). The molecule has 0 fully saturated rings. The van der Waals surface area contributed by atoms with Gasteiger partial charge in [0.25, 0.3) is 0 Å². The molecule has 0 unspecified atom stereocenters. The molecule has 1 aliphatic rings. The maximum absolute atomic E-state index is 11.8. The van der Waals surface area contributed by atoms with Crippen molar-refractivity contribution in [1.29, 1.82) is 0 Å². The lowest BCUT2D eigenvalue weighted by Gasteiger charge is -2.25. The fourth-order valence-electron chi connectivity index (χ4n) is 2.39. The Morgan fingerprint density at radius 3 is 2.81 bits per heavy atom. The maximum Gasteiger partial charge on any atom is 0.229 e. The van der Waals surface area contributed by atoms with Crippen LogP contribution in [0.2, 0.25) is 0 Å². The van der Waals surface area contributed by atoms with Gasteiger partial charge in [-0.1, -0.05) is 0 Å². The minimum Gasteiger partial charge on any atom is -0.496 e. The Morgan fingerprint density at radius 1 is 1.33 bits per heavy atom. The number of carbonyl (C=O) groups excluding carboxylic acids is 1. The topological polar surface area (TPSA) is 78.3 Å². The van der Waals surface area contributed by atoms with E-state index in [9.17, 15) is 4.79 Å². The van der Waals surface area contributed by atoms with Crippen LogP contribution in [0.3, 0.4) is 0 Å². The van der Waals surface area contributed by atoms with Crippen molar-refractivity contribution in [2.45, 2.75) is 12.5 Å². The summed E-state index contributed by atoms with van der Waals surface area (Å²) >= 11 is 3.46. The highest BCUT2D eigenvalue weighted by atomic mass is 79.9. The van der Waals surface area contributed by atoms with Crippen LogP contribution < -0.4 is 14.8 Å². The van der Waals surface area contributed by atoms with E-state index in [-0.39, 0.29) is 18.4 Å². The second-order valence-corrected chi connectivity index (χ2v) is 5.38. The molecule has 1 amide bonds. The maximum atomic E-state index is 11.8. The van der Waals surface area contributed by atoms with Crippen LogP contribution in [0.25, 0.3) is 0 Å². The van der Waals surface area contributed by atoms with Gasteiger partial charge in [0.2, 0.25) is 11.9 Å². The highest BCUT2D eigenvalue weighted by Gasteiger charge is 2.30. The van der Waals surface area contributed by atoms with Crippen LogP contribution in [0.5, 0.6) is 11.5 Å². The third-order valence-electron chi connectivity index (χ3n) is 3.36. The summed E-state index contributed by atoms with van der Waals surface area (Å²) in [7, 11) is 3.17. The number of ether oxygens (including phenoxy) is 2. The van der Waals surface area contributed by atoms with E-state index in [2.05, 4.69) is 31.3 Å². The largest absolute Gasteiger partial charge is 0.496 e. The molecule has 1 aromatic heterocycles. The smallest absolute Gasteiger partial charge is 0.229 e. The van der Waals surface area contributed by atoms with Crippen LogP contribution in [-0.2, 0) is 4.79 Å². The number of fused-ring (bicyclic) bond motifs is 1. The van der Waals surface area contributed by atoms with Gasteiger partial charge in [-0.25, -0.2) is 4.68 Å². The number of rotatable bonds is 3. The number of nitrogens with zero attached hydrogens (tertiary/aromatic N) is 3. The Hall–Kier alpha value is -2.09. The number of benzene rings is 1. The molecule has 21 heavy (non-hydrogen) atoms. The molecule has 7 nitrogen and oxygen atoms in total. The average molecular weight is 353 g/mol. The van der Waals surface area contributed by atoms with Gasteiger partial charge in [0.15, 0.2) is 0 Å². The van der Waals surface area contributed by atoms with E-state index < -0.39 is 0 Å². The van der Waals surface area contributed by atoms with Gasteiger partial charge in [-0.2, -0.15) is 10.1 Å². The third-order valence-corrected chi connectivity index (χ3v) is 3.98. The second kappa shape index (κ2) is 5.36. The monoisotopic (exact) mass is 352 g/mol. The molecule has 1 atom stereocenters. The first kappa shape index (κ1) is 13.9. The van der Waals surface area contributed by atoms with Crippen molar-refractivity contribution in [3.63, 3.8) is 0 Å². The van der Waals surface area contributed by atoms with E-state index in [4.69, 9.17) is 9.47 Å². The summed E-state index contributed by atoms with van der Waals surface area (Å²) in [6.45, 7) is 0. The van der Waals surface area contributed by atoms with E-state index in [1.807, 2.05) is 6.07 Å². The Morgan fingerprint density at radius 2 is 2.10 bits per heavy atom. The number of anilines is 1. The lowest BCUT2D eigenvalue weighted by Crippen LogP contribution is -2.29. The summed E-state index contributed by atoms with van der Waals surface area (Å²) in [5.74, 6) is 1.63. The molecule has 0 bridgehead atoms. The normalized spacial score (nSPS) is 17.1. The van der Waals surface area contributed by atoms with Gasteiger partial charge in [0, 0.05) is 11.6 Å². The molecule has 0 radical (unpaired) electrons. The first-order valence-corrected chi connectivity index (χ1v) is 7.04. The number of aromatic nitrogens is 3. The molecule has 2 heterocycles. The van der Waals surface area contributed by atoms with Crippen LogP contribution >= 0.6 is 15.9 Å². The van der Waals surface area contributed by atoms with Gasteiger partial charge < -0.3 is 9.47 Å². The Bertz CT molecular complexity index is 701. The van der Waals surface area contributed by atoms with Crippen molar-refractivity contribution >= 4 is 27.8 Å². The number of nitrogens with one attached hydrogen (secondary N) is 1. The molecular formula is C13H13BrN4O3. The molecule has 1 N–H and O–H groups in total. The summed E-state index contributed by atoms with van der Waals surface area (Å²) in [4.78, 5) is 15.9. The first-order chi connectivity index (χ1) is 10.1. The lowest BCUT2D eigenvalue weighted by atomic mass is 10.0. The van der Waals surface area contributed by atoms with Crippen molar-refractivity contribution in [2.24, 2.45) is 0 Å². The fraction of sp³-hybridized carbons (Fsp3) is 0.308. The molecule has 0 saturated carbocycles. The molecule has 1 aliphatic heterocycles. The molecule has 0 saturated heterocycles. The lowest BCUT2D eigenvalue weighted by molar-refractivity contribution is -0.117. The SMILES string of the molecule is COc1cc(OC)c([C@H]2CC(=O)Nc3ncnn32)cc1Br. The zero-order valence-electron chi connectivity index (χ0n) is 11.5. The van der Waals surface area contributed by atoms with E-state index in [1.165, 1.54) is 6.33 Å². The Labute approximate surface area is 129 Å². The van der Waals surface area contributed by atoms with E-state index in [0.29, 0.717) is 17.4 Å². The van der Waals surface area contributed by atoms with Crippen LogP contribution in [0.1, 0.15) is 18.0 Å². The molecule has 0 aliphatic carbocycles. The highest BCUT2D eigenvalue weighted by Crippen LogP contribution is 2.39. The molecule has 1 aromatic carbocycles. The highest BCUT2D eigenvalue weighted by molar-refractivity contribution is 9.10. The van der Waals surface area contributed by atoms with Gasteiger partial charge in [-0.3, -0.25) is 10.1 Å². The summed E-state index contributed by atoms with van der Waals surface area (Å²) in [6, 6.07) is 3.39. The van der Waals surface area contributed by atoms with Gasteiger partial charge in [-0.15, -0.1) is 0 Å². The molecule has 110 valence electrons. The summed E-state index contributed by atoms with van der Waals surface area (Å²) in [5, 5.41) is 6.87. The average Bonchev–Trinajstić information content (AvgIpc) is 2.94. The van der Waals surface area contributed by atoms with Crippen molar-refractivity contribution in [1.82, 2.24) is 14.8 Å². The van der Waals surface area contributed by atoms with Crippen LogP contribution in [-0.4, -0.2) is 34.9 Å². The second-order valence-electron chi connectivity index (χ2n) is 4.53. The molecule has 8 heteroatoms. The first-order valence-electron chi connectivity index (χ1n) is 6.24. The Balaban J connectivity index is 2.13. The van der Waals surface area contributed by atoms with Crippen molar-refractivity contribution in [3.05, 3.63) is 28.5 Å². The summed E-state index contributed by atoms with van der Waals surface area (Å²) in [6.07, 6.45) is 1.68. The molecule has 0 spiro atoms. The van der Waals surface area contributed by atoms with Crippen LogP contribution in [0, 0.1) is 0 Å². The number of amides is 1. The zero-order valence-corrected chi connectivity index (χ0v) is 13.0. The molecule has 2 aromatic rings. The van der Waals surface area contributed by atoms with Gasteiger partial charge >= 0.3 is 0 Å². The summed E-state index contributed by atoms with van der Waals surface area (Å²) in [5.41, 5.74) is 0.840. The van der Waals surface area contributed by atoms with Gasteiger partial charge in [0.05, 0.1) is 31.2 Å². The predicted octanol–water partition coefficient (Wildman–Crippen LogP) is 1.99. The zero-order chi connectivity index (χ0) is 15.0. The minimum atomic E-state index is -0.270. The number of halogens is 1. The van der Waals surface area contributed by atoms with E-state index >= 15 is 0 Å². The van der Waals surface area contributed by atoms with E-state index in [0.717, 1.165) is 10.0 Å². The quantitative estimate of drug-likeness (QED) is 0.913. The Kier molecular flexibility index (Phi) is 3.54. The van der Waals surface area contributed by atoms with Gasteiger partial charge in [-0.05, 0) is 22.0 Å². The predicted molar refractivity (Wildman–Crippen MR) is 78.7 cm³/mol. The van der Waals surface area contributed by atoms with Crippen molar-refractivity contribution in [2.75, 3.05) is 19.5 Å². The third kappa shape index (κ3) is 2.35. The fourth-order valence-corrected chi connectivity index (χ4v) is 2.91.